The van der Waals surface area contributed by atoms with Gasteiger partial charge in [-0.25, -0.2) is 0 Å². The summed E-state index contributed by atoms with van der Waals surface area (Å²) < 4.78 is 0. The van der Waals surface area contributed by atoms with Crippen molar-refractivity contribution in [3.05, 3.63) is 60.2 Å². The molecule has 0 heterocycles. The fraction of sp³-hybridized carbons (Fsp3) is 0.250. The zero-order valence-corrected chi connectivity index (χ0v) is 15.3. The number of aliphatic carboxylic acids is 1. The monoisotopic (exact) mass is 381 g/mol. The van der Waals surface area contributed by atoms with E-state index in [9.17, 15) is 9.59 Å². The Morgan fingerprint density at radius 3 is 2.29 bits per heavy atom. The van der Waals surface area contributed by atoms with Crippen molar-refractivity contribution in [3.8, 4) is 11.1 Å². The molecule has 0 aliphatic carbocycles. The zero-order chi connectivity index (χ0) is 20.4. The van der Waals surface area contributed by atoms with Gasteiger partial charge in [0.05, 0.1) is 6.42 Å². The van der Waals surface area contributed by atoms with Crippen LogP contribution in [0, 0.1) is 5.53 Å². The van der Waals surface area contributed by atoms with E-state index in [0.717, 1.165) is 16.7 Å². The molecule has 1 amide bonds. The SMILES string of the molecule is N=NN=C(N)CCC(=O)N[C@@H](CC(=O)O)Cc1ccc(-c2ccccc2)cc1. The van der Waals surface area contributed by atoms with E-state index in [1.54, 1.807) is 0 Å². The number of carbonyl (C=O) groups is 2. The highest BCUT2D eigenvalue weighted by Gasteiger charge is 2.17. The van der Waals surface area contributed by atoms with Crippen LogP contribution in [0.5, 0.6) is 0 Å². The second kappa shape index (κ2) is 10.6. The normalized spacial score (nSPS) is 12.2. The smallest absolute Gasteiger partial charge is 0.305 e. The van der Waals surface area contributed by atoms with E-state index in [4.69, 9.17) is 16.4 Å². The average molecular weight is 381 g/mol. The molecular formula is C20H23N5O3. The third kappa shape index (κ3) is 6.99. The van der Waals surface area contributed by atoms with Gasteiger partial charge in [0.15, 0.2) is 0 Å². The molecule has 0 bridgehead atoms. The quantitative estimate of drug-likeness (QED) is 0.217. The van der Waals surface area contributed by atoms with E-state index >= 15 is 0 Å². The number of carboxylic acid groups (broad SMARTS) is 1. The van der Waals surface area contributed by atoms with Crippen LogP contribution in [-0.4, -0.2) is 28.9 Å². The van der Waals surface area contributed by atoms with Crippen molar-refractivity contribution in [2.45, 2.75) is 31.7 Å². The van der Waals surface area contributed by atoms with Crippen molar-refractivity contribution in [2.24, 2.45) is 16.1 Å². The molecule has 8 nitrogen and oxygen atoms in total. The Morgan fingerprint density at radius 1 is 1.04 bits per heavy atom. The Labute approximate surface area is 163 Å². The summed E-state index contributed by atoms with van der Waals surface area (Å²) in [4.78, 5) is 23.2. The molecule has 0 saturated carbocycles. The number of carbonyl (C=O) groups excluding carboxylic acids is 1. The molecule has 28 heavy (non-hydrogen) atoms. The first kappa shape index (κ1) is 20.8. The Kier molecular flexibility index (Phi) is 7.83. The fourth-order valence-electron chi connectivity index (χ4n) is 2.79. The molecule has 0 aliphatic heterocycles. The Hall–Kier alpha value is -3.55. The van der Waals surface area contributed by atoms with Gasteiger partial charge in [-0.2, -0.15) is 5.53 Å². The third-order valence-corrected chi connectivity index (χ3v) is 4.12. The highest BCUT2D eigenvalue weighted by atomic mass is 16.4. The Bertz CT molecular complexity index is 835. The van der Waals surface area contributed by atoms with Gasteiger partial charge in [0, 0.05) is 18.9 Å². The van der Waals surface area contributed by atoms with Crippen LogP contribution in [-0.2, 0) is 16.0 Å². The van der Waals surface area contributed by atoms with Crippen molar-refractivity contribution in [3.63, 3.8) is 0 Å². The summed E-state index contributed by atoms with van der Waals surface area (Å²) in [5.74, 6) is -1.23. The number of amides is 1. The largest absolute Gasteiger partial charge is 0.481 e. The van der Waals surface area contributed by atoms with Gasteiger partial charge in [0.1, 0.15) is 5.84 Å². The van der Waals surface area contributed by atoms with E-state index in [1.807, 2.05) is 54.6 Å². The van der Waals surface area contributed by atoms with Crippen molar-refractivity contribution in [2.75, 3.05) is 0 Å². The van der Waals surface area contributed by atoms with Gasteiger partial charge in [0.2, 0.25) is 5.91 Å². The highest BCUT2D eigenvalue weighted by Crippen LogP contribution is 2.20. The van der Waals surface area contributed by atoms with Gasteiger partial charge in [-0.15, -0.1) is 5.10 Å². The van der Waals surface area contributed by atoms with Gasteiger partial charge < -0.3 is 16.2 Å². The first-order valence-corrected chi connectivity index (χ1v) is 8.82. The van der Waals surface area contributed by atoms with Crippen LogP contribution < -0.4 is 11.1 Å². The number of rotatable bonds is 10. The number of hydrogen-bond acceptors (Lipinski definition) is 4. The van der Waals surface area contributed by atoms with Crippen LogP contribution in [0.15, 0.2) is 64.9 Å². The van der Waals surface area contributed by atoms with Crippen LogP contribution in [0.3, 0.4) is 0 Å². The Morgan fingerprint density at radius 2 is 1.68 bits per heavy atom. The lowest BCUT2D eigenvalue weighted by Crippen LogP contribution is -2.38. The molecule has 2 rings (SSSR count). The van der Waals surface area contributed by atoms with Gasteiger partial charge in [-0.1, -0.05) is 59.8 Å². The topological polar surface area (TPSA) is 141 Å². The van der Waals surface area contributed by atoms with Crippen molar-refractivity contribution in [1.29, 1.82) is 5.53 Å². The van der Waals surface area contributed by atoms with Crippen LogP contribution >= 0.6 is 0 Å². The highest BCUT2D eigenvalue weighted by molar-refractivity contribution is 5.86. The molecule has 146 valence electrons. The van der Waals surface area contributed by atoms with Crippen molar-refractivity contribution in [1.82, 2.24) is 5.32 Å². The Balaban J connectivity index is 1.99. The molecule has 2 aromatic rings. The molecule has 0 spiro atoms. The number of hydrogen-bond donors (Lipinski definition) is 4. The predicted molar refractivity (Wildman–Crippen MR) is 106 cm³/mol. The van der Waals surface area contributed by atoms with Gasteiger partial charge >= 0.3 is 5.97 Å². The zero-order valence-electron chi connectivity index (χ0n) is 15.3. The van der Waals surface area contributed by atoms with E-state index in [2.05, 4.69) is 15.6 Å². The summed E-state index contributed by atoms with van der Waals surface area (Å²) in [5.41, 5.74) is 15.2. The van der Waals surface area contributed by atoms with Crippen LogP contribution in [0.4, 0.5) is 0 Å². The first-order chi connectivity index (χ1) is 13.5. The van der Waals surface area contributed by atoms with Crippen molar-refractivity contribution < 1.29 is 14.7 Å². The molecule has 0 unspecified atom stereocenters. The minimum Gasteiger partial charge on any atom is -0.481 e. The minimum atomic E-state index is -0.986. The van der Waals surface area contributed by atoms with Crippen LogP contribution in [0.1, 0.15) is 24.8 Å². The second-order valence-corrected chi connectivity index (χ2v) is 6.32. The standard InChI is InChI=1S/C20H23N5O3/c21-18(24-25-22)10-11-19(26)23-17(13-20(27)28)12-14-6-8-16(9-7-14)15-4-2-1-3-5-15/h1-9,17H,10-13H2,(H,23,26)(H,27,28)(H3,21,22,24)/t17-/m1/s1. The maximum Gasteiger partial charge on any atom is 0.305 e. The number of nitrogens with zero attached hydrogens (tertiary/aromatic N) is 2. The molecule has 2 aromatic carbocycles. The van der Waals surface area contributed by atoms with Gasteiger partial charge in [-0.05, 0) is 23.1 Å². The average Bonchev–Trinajstić information content (AvgIpc) is 2.67. The lowest BCUT2D eigenvalue weighted by atomic mass is 9.99. The molecule has 1 atom stereocenters. The molecule has 0 aromatic heterocycles. The molecule has 5 N–H and O–H groups in total. The van der Waals surface area contributed by atoms with E-state index < -0.39 is 12.0 Å². The number of nitrogens with two attached hydrogens (primary N) is 1. The number of amidine groups is 1. The maximum atomic E-state index is 12.1. The van der Waals surface area contributed by atoms with Crippen LogP contribution in [0.2, 0.25) is 0 Å². The lowest BCUT2D eigenvalue weighted by Gasteiger charge is -2.17. The summed E-state index contributed by atoms with van der Waals surface area (Å²) >= 11 is 0. The third-order valence-electron chi connectivity index (χ3n) is 4.12. The number of nitrogens with one attached hydrogen (secondary N) is 2. The summed E-state index contributed by atoms with van der Waals surface area (Å²) in [6.45, 7) is 0. The first-order valence-electron chi connectivity index (χ1n) is 8.82. The molecule has 0 radical (unpaired) electrons. The number of benzene rings is 2. The minimum absolute atomic E-state index is 0.0495. The van der Waals surface area contributed by atoms with Crippen LogP contribution in [0.25, 0.3) is 11.1 Å². The summed E-state index contributed by atoms with van der Waals surface area (Å²) in [7, 11) is 0. The number of carboxylic acids is 1. The fourth-order valence-corrected chi connectivity index (χ4v) is 2.79. The second-order valence-electron chi connectivity index (χ2n) is 6.32. The lowest BCUT2D eigenvalue weighted by molar-refractivity contribution is -0.137. The summed E-state index contributed by atoms with van der Waals surface area (Å²) in [6, 6.07) is 17.2. The van der Waals surface area contributed by atoms with E-state index in [1.165, 1.54) is 0 Å². The molecule has 0 saturated heterocycles. The molecule has 0 fully saturated rings. The summed E-state index contributed by atoms with van der Waals surface area (Å²) in [5, 5.41) is 18.0. The van der Waals surface area contributed by atoms with Gasteiger partial charge in [-0.3, -0.25) is 9.59 Å². The van der Waals surface area contributed by atoms with Crippen molar-refractivity contribution >= 4 is 17.7 Å². The maximum absolute atomic E-state index is 12.1. The van der Waals surface area contributed by atoms with Gasteiger partial charge in [0.25, 0.3) is 0 Å². The molecule has 8 heteroatoms. The van der Waals surface area contributed by atoms with E-state index in [0.29, 0.717) is 6.42 Å². The molecular weight excluding hydrogens is 358 g/mol. The molecule has 0 aliphatic rings. The van der Waals surface area contributed by atoms with E-state index in [-0.39, 0.29) is 31.0 Å². The predicted octanol–water partition coefficient (Wildman–Crippen LogP) is 2.94. The summed E-state index contributed by atoms with van der Waals surface area (Å²) in [6.07, 6.45) is 0.421.